The van der Waals surface area contributed by atoms with Gasteiger partial charge in [0.25, 0.3) is 0 Å². The van der Waals surface area contributed by atoms with E-state index in [9.17, 15) is 14.7 Å². The summed E-state index contributed by atoms with van der Waals surface area (Å²) < 4.78 is 0. The number of nitrogens with zero attached hydrogens (tertiary/aromatic N) is 1. The van der Waals surface area contributed by atoms with Gasteiger partial charge in [-0.25, -0.2) is 9.59 Å². The van der Waals surface area contributed by atoms with Crippen molar-refractivity contribution in [2.75, 3.05) is 6.54 Å². The van der Waals surface area contributed by atoms with Crippen molar-refractivity contribution in [3.63, 3.8) is 0 Å². The van der Waals surface area contributed by atoms with Crippen LogP contribution >= 0.6 is 0 Å². The number of urea groups is 1. The summed E-state index contributed by atoms with van der Waals surface area (Å²) >= 11 is 0. The van der Waals surface area contributed by atoms with Crippen LogP contribution in [0.1, 0.15) is 18.2 Å². The van der Waals surface area contributed by atoms with Crippen LogP contribution in [-0.2, 0) is 17.8 Å². The molecule has 3 N–H and O–H groups in total. The minimum Gasteiger partial charge on any atom is -0.480 e. The zero-order valence-electron chi connectivity index (χ0n) is 11.7. The van der Waals surface area contributed by atoms with E-state index in [1.165, 1.54) is 4.90 Å². The first-order valence-electron chi connectivity index (χ1n) is 6.97. The first kappa shape index (κ1) is 13.5. The molecule has 0 radical (unpaired) electrons. The first-order valence-corrected chi connectivity index (χ1v) is 6.97. The molecule has 1 aromatic heterocycles. The number of hydrogen-bond acceptors (Lipinski definition) is 2. The lowest BCUT2D eigenvalue weighted by atomic mass is 9.97. The van der Waals surface area contributed by atoms with Gasteiger partial charge in [0.2, 0.25) is 0 Å². The fraction of sp³-hybridized carbons (Fsp3) is 0.333. The smallest absolute Gasteiger partial charge is 0.326 e. The number of fused-ring (bicyclic) bond motifs is 3. The predicted molar refractivity (Wildman–Crippen MR) is 78.0 cm³/mol. The van der Waals surface area contributed by atoms with Crippen LogP contribution in [0.25, 0.3) is 10.9 Å². The molecular weight excluding hydrogens is 270 g/mol. The van der Waals surface area contributed by atoms with Gasteiger partial charge in [0.1, 0.15) is 6.04 Å². The standard InChI is InChI=1S/C15H17N3O3/c1-2-16-15(21)18-8-12-10(7-13(18)14(19)20)9-5-3-4-6-11(9)17-12/h3-6,13,17H,2,7-8H2,1H3,(H,16,21)(H,19,20). The third-order valence-corrected chi connectivity index (χ3v) is 3.88. The second kappa shape index (κ2) is 5.12. The molecule has 3 rings (SSSR count). The number of aromatic amines is 1. The molecule has 21 heavy (non-hydrogen) atoms. The van der Waals surface area contributed by atoms with Crippen LogP contribution < -0.4 is 5.32 Å². The molecule has 1 unspecified atom stereocenters. The summed E-state index contributed by atoms with van der Waals surface area (Å²) in [6.45, 7) is 2.57. The van der Waals surface area contributed by atoms with Gasteiger partial charge >= 0.3 is 12.0 Å². The minimum absolute atomic E-state index is 0.285. The van der Waals surface area contributed by atoms with Crippen molar-refractivity contribution in [3.8, 4) is 0 Å². The van der Waals surface area contributed by atoms with Crippen molar-refractivity contribution in [3.05, 3.63) is 35.5 Å². The fourth-order valence-corrected chi connectivity index (χ4v) is 2.89. The van der Waals surface area contributed by atoms with E-state index >= 15 is 0 Å². The minimum atomic E-state index is -0.975. The zero-order valence-corrected chi connectivity index (χ0v) is 11.7. The fourth-order valence-electron chi connectivity index (χ4n) is 2.89. The Balaban J connectivity index is 2.03. The molecular formula is C15H17N3O3. The Morgan fingerprint density at radius 2 is 2.19 bits per heavy atom. The Labute approximate surface area is 121 Å². The van der Waals surface area contributed by atoms with E-state index in [2.05, 4.69) is 10.3 Å². The lowest BCUT2D eigenvalue weighted by Crippen LogP contribution is -2.52. The number of para-hydroxylation sites is 1. The van der Waals surface area contributed by atoms with E-state index < -0.39 is 12.0 Å². The molecule has 6 nitrogen and oxygen atoms in total. The molecule has 0 saturated carbocycles. The number of H-pyrrole nitrogens is 1. The number of carbonyl (C=O) groups is 2. The van der Waals surface area contributed by atoms with Crippen LogP contribution in [0.3, 0.4) is 0 Å². The lowest BCUT2D eigenvalue weighted by Gasteiger charge is -2.33. The van der Waals surface area contributed by atoms with Crippen LogP contribution in [0.15, 0.2) is 24.3 Å². The van der Waals surface area contributed by atoms with Crippen molar-refractivity contribution in [1.29, 1.82) is 0 Å². The average Bonchev–Trinajstić information content (AvgIpc) is 2.83. The van der Waals surface area contributed by atoms with E-state index in [1.807, 2.05) is 31.2 Å². The highest BCUT2D eigenvalue weighted by Crippen LogP contribution is 2.30. The number of nitrogens with one attached hydrogen (secondary N) is 2. The van der Waals surface area contributed by atoms with Crippen molar-refractivity contribution in [2.24, 2.45) is 0 Å². The largest absolute Gasteiger partial charge is 0.480 e. The summed E-state index contributed by atoms with van der Waals surface area (Å²) in [6, 6.07) is 6.63. The van der Waals surface area contributed by atoms with Crippen molar-refractivity contribution in [2.45, 2.75) is 25.9 Å². The maximum atomic E-state index is 12.1. The maximum absolute atomic E-state index is 12.1. The number of hydrogen-bond donors (Lipinski definition) is 3. The van der Waals surface area contributed by atoms with Gasteiger partial charge in [-0.15, -0.1) is 0 Å². The molecule has 1 aliphatic heterocycles. The summed E-state index contributed by atoms with van der Waals surface area (Å²) in [5.74, 6) is -0.975. The molecule has 0 bridgehead atoms. The Morgan fingerprint density at radius 3 is 2.90 bits per heavy atom. The molecule has 2 heterocycles. The van der Waals surface area contributed by atoms with E-state index in [-0.39, 0.29) is 12.6 Å². The highest BCUT2D eigenvalue weighted by molar-refractivity contribution is 5.88. The third kappa shape index (κ3) is 2.22. The van der Waals surface area contributed by atoms with E-state index in [0.717, 1.165) is 22.2 Å². The Hall–Kier alpha value is -2.50. The van der Waals surface area contributed by atoms with Gasteiger partial charge in [-0.2, -0.15) is 0 Å². The van der Waals surface area contributed by atoms with Crippen LogP contribution in [0.4, 0.5) is 4.79 Å². The van der Waals surface area contributed by atoms with Crippen LogP contribution in [0.2, 0.25) is 0 Å². The van der Waals surface area contributed by atoms with Gasteiger partial charge in [0.05, 0.1) is 6.54 Å². The number of rotatable bonds is 2. The van der Waals surface area contributed by atoms with Crippen LogP contribution in [-0.4, -0.2) is 39.6 Å². The summed E-state index contributed by atoms with van der Waals surface area (Å²) in [6.07, 6.45) is 0.325. The summed E-state index contributed by atoms with van der Waals surface area (Å²) in [5, 5.41) is 13.1. The van der Waals surface area contributed by atoms with Gasteiger partial charge in [-0.05, 0) is 18.6 Å². The molecule has 110 valence electrons. The Kier molecular flexibility index (Phi) is 3.29. The number of carboxylic acid groups (broad SMARTS) is 1. The summed E-state index contributed by atoms with van der Waals surface area (Å²) in [4.78, 5) is 28.3. The molecule has 0 aliphatic carbocycles. The molecule has 1 atom stereocenters. The second-order valence-electron chi connectivity index (χ2n) is 5.15. The normalized spacial score (nSPS) is 17.6. The highest BCUT2D eigenvalue weighted by Gasteiger charge is 2.36. The number of aliphatic carboxylic acids is 1. The van der Waals surface area contributed by atoms with E-state index in [1.54, 1.807) is 0 Å². The number of benzene rings is 1. The van der Waals surface area contributed by atoms with Gasteiger partial charge in [0.15, 0.2) is 0 Å². The monoisotopic (exact) mass is 287 g/mol. The molecule has 2 aromatic rings. The van der Waals surface area contributed by atoms with Gasteiger partial charge < -0.3 is 20.3 Å². The number of carboxylic acids is 1. The Morgan fingerprint density at radius 1 is 1.43 bits per heavy atom. The van der Waals surface area contributed by atoms with Crippen LogP contribution in [0, 0.1) is 0 Å². The molecule has 1 aliphatic rings. The second-order valence-corrected chi connectivity index (χ2v) is 5.15. The van der Waals surface area contributed by atoms with Crippen molar-refractivity contribution < 1.29 is 14.7 Å². The van der Waals surface area contributed by atoms with Gasteiger partial charge in [0, 0.05) is 29.6 Å². The average molecular weight is 287 g/mol. The zero-order chi connectivity index (χ0) is 15.0. The van der Waals surface area contributed by atoms with Crippen LogP contribution in [0.5, 0.6) is 0 Å². The molecule has 2 amide bonds. The molecule has 0 fully saturated rings. The molecule has 1 aromatic carbocycles. The SMILES string of the molecule is CCNC(=O)N1Cc2[nH]c3ccccc3c2CC1C(=O)O. The van der Waals surface area contributed by atoms with Gasteiger partial charge in [-0.1, -0.05) is 18.2 Å². The quantitative estimate of drug-likeness (QED) is 0.786. The van der Waals surface area contributed by atoms with Crippen molar-refractivity contribution >= 4 is 22.9 Å². The third-order valence-electron chi connectivity index (χ3n) is 3.88. The number of carbonyl (C=O) groups excluding carboxylic acids is 1. The predicted octanol–water partition coefficient (Wildman–Crippen LogP) is 1.71. The summed E-state index contributed by atoms with van der Waals surface area (Å²) in [5.41, 5.74) is 2.89. The highest BCUT2D eigenvalue weighted by atomic mass is 16.4. The first-order chi connectivity index (χ1) is 10.1. The van der Waals surface area contributed by atoms with E-state index in [0.29, 0.717) is 13.0 Å². The Bertz CT molecular complexity index is 707. The van der Waals surface area contributed by atoms with Crippen molar-refractivity contribution in [1.82, 2.24) is 15.2 Å². The van der Waals surface area contributed by atoms with E-state index in [4.69, 9.17) is 0 Å². The lowest BCUT2D eigenvalue weighted by molar-refractivity contribution is -0.142. The van der Waals surface area contributed by atoms with Gasteiger partial charge in [-0.3, -0.25) is 0 Å². The topological polar surface area (TPSA) is 85.4 Å². The number of aromatic nitrogens is 1. The molecule has 0 saturated heterocycles. The summed E-state index contributed by atoms with van der Waals surface area (Å²) in [7, 11) is 0. The number of amides is 2. The molecule has 0 spiro atoms. The maximum Gasteiger partial charge on any atom is 0.326 e. The molecule has 6 heteroatoms.